The Morgan fingerprint density at radius 1 is 1.25 bits per heavy atom. The summed E-state index contributed by atoms with van der Waals surface area (Å²) in [5.74, 6) is -0.188. The summed E-state index contributed by atoms with van der Waals surface area (Å²) in [6, 6.07) is 9.61. The highest BCUT2D eigenvalue weighted by atomic mass is 32.1. The van der Waals surface area contributed by atoms with Crippen LogP contribution in [0.3, 0.4) is 0 Å². The number of piperidine rings is 1. The van der Waals surface area contributed by atoms with Crippen LogP contribution in [0.4, 0.5) is 5.00 Å². The van der Waals surface area contributed by atoms with Crippen molar-refractivity contribution in [1.29, 1.82) is 0 Å². The van der Waals surface area contributed by atoms with Crippen molar-refractivity contribution in [2.24, 2.45) is 5.73 Å². The van der Waals surface area contributed by atoms with Crippen LogP contribution in [0.25, 0.3) is 10.2 Å². The number of rotatable bonds is 5. The van der Waals surface area contributed by atoms with Gasteiger partial charge in [-0.3, -0.25) is 14.5 Å². The van der Waals surface area contributed by atoms with Gasteiger partial charge in [-0.1, -0.05) is 12.1 Å². The van der Waals surface area contributed by atoms with Gasteiger partial charge < -0.3 is 11.1 Å². The summed E-state index contributed by atoms with van der Waals surface area (Å²) in [4.78, 5) is 31.1. The normalized spacial score (nSPS) is 16.9. The lowest BCUT2D eigenvalue weighted by atomic mass is 9.96. The number of aromatic nitrogens is 1. The van der Waals surface area contributed by atoms with Crippen molar-refractivity contribution in [3.05, 3.63) is 46.3 Å². The molecule has 2 amide bonds. The first-order valence-electron chi connectivity index (χ1n) is 9.30. The number of primary amides is 1. The molecule has 1 fully saturated rings. The van der Waals surface area contributed by atoms with Crippen LogP contribution in [0, 0.1) is 0 Å². The lowest BCUT2D eigenvalue weighted by Crippen LogP contribution is -2.45. The summed E-state index contributed by atoms with van der Waals surface area (Å²) in [6.07, 6.45) is 1.98. The van der Waals surface area contributed by atoms with Gasteiger partial charge >= 0.3 is 0 Å². The topological polar surface area (TPSA) is 88.3 Å². The minimum atomic E-state index is -0.527. The van der Waals surface area contributed by atoms with Crippen LogP contribution in [0.2, 0.25) is 0 Å². The first-order valence-corrected chi connectivity index (χ1v) is 11.0. The van der Waals surface area contributed by atoms with Crippen LogP contribution in [-0.2, 0) is 4.79 Å². The van der Waals surface area contributed by atoms with Gasteiger partial charge in [0, 0.05) is 5.92 Å². The molecule has 0 spiro atoms. The number of benzene rings is 1. The second kappa shape index (κ2) is 7.98. The first-order chi connectivity index (χ1) is 13.5. The maximum atomic E-state index is 12.6. The van der Waals surface area contributed by atoms with Crippen LogP contribution in [0.5, 0.6) is 0 Å². The molecular formula is C20H22N4O2S2. The first kappa shape index (κ1) is 19.0. The van der Waals surface area contributed by atoms with Gasteiger partial charge in [0.1, 0.15) is 5.00 Å². The van der Waals surface area contributed by atoms with Crippen molar-refractivity contribution >= 4 is 49.7 Å². The van der Waals surface area contributed by atoms with Crippen molar-refractivity contribution in [3.63, 3.8) is 0 Å². The van der Waals surface area contributed by atoms with Crippen LogP contribution in [0.1, 0.15) is 41.0 Å². The Kier molecular flexibility index (Phi) is 5.43. The third-order valence-electron chi connectivity index (χ3n) is 5.28. The molecule has 8 heteroatoms. The van der Waals surface area contributed by atoms with Crippen LogP contribution in [0.15, 0.2) is 35.7 Å². The van der Waals surface area contributed by atoms with Crippen molar-refractivity contribution in [3.8, 4) is 0 Å². The molecule has 28 heavy (non-hydrogen) atoms. The number of amides is 2. The number of carbonyl (C=O) groups is 2. The summed E-state index contributed by atoms with van der Waals surface area (Å²) in [6.45, 7) is 3.61. The zero-order chi connectivity index (χ0) is 19.7. The molecule has 3 aromatic rings. The Balaban J connectivity index is 1.36. The molecule has 0 unspecified atom stereocenters. The molecule has 3 heterocycles. The molecule has 146 valence electrons. The Labute approximate surface area is 171 Å². The predicted octanol–water partition coefficient (Wildman–Crippen LogP) is 3.66. The lowest BCUT2D eigenvalue weighted by molar-refractivity contribution is -0.121. The van der Waals surface area contributed by atoms with E-state index in [1.54, 1.807) is 22.8 Å². The van der Waals surface area contributed by atoms with E-state index in [0.717, 1.165) is 31.4 Å². The Bertz CT molecular complexity index is 971. The van der Waals surface area contributed by atoms with Gasteiger partial charge in [0.05, 0.1) is 26.8 Å². The van der Waals surface area contributed by atoms with Crippen LogP contribution < -0.4 is 11.1 Å². The van der Waals surface area contributed by atoms with E-state index in [4.69, 9.17) is 10.7 Å². The monoisotopic (exact) mass is 414 g/mol. The Morgan fingerprint density at radius 3 is 2.71 bits per heavy atom. The Hall–Kier alpha value is -2.29. The average molecular weight is 415 g/mol. The van der Waals surface area contributed by atoms with E-state index < -0.39 is 5.91 Å². The number of likely N-dealkylation sites (tertiary alicyclic amines) is 1. The fraction of sp³-hybridized carbons (Fsp3) is 0.350. The van der Waals surface area contributed by atoms with Crippen molar-refractivity contribution in [2.45, 2.75) is 31.7 Å². The second-order valence-electron chi connectivity index (χ2n) is 7.02. The SMILES string of the molecule is C[C@H](C(=O)Nc1sccc1C(N)=O)N1CCC(c2nc3ccccc3s2)CC1. The van der Waals surface area contributed by atoms with Gasteiger partial charge in [-0.15, -0.1) is 22.7 Å². The number of carbonyl (C=O) groups excluding carboxylic acids is 2. The van der Waals surface area contributed by atoms with Gasteiger partial charge in [0.15, 0.2) is 0 Å². The Morgan fingerprint density at radius 2 is 2.00 bits per heavy atom. The molecule has 3 N–H and O–H groups in total. The van der Waals surface area contributed by atoms with Crippen molar-refractivity contribution in [1.82, 2.24) is 9.88 Å². The van der Waals surface area contributed by atoms with Gasteiger partial charge in [-0.25, -0.2) is 4.98 Å². The van der Waals surface area contributed by atoms with Crippen LogP contribution in [-0.4, -0.2) is 40.8 Å². The third kappa shape index (κ3) is 3.80. The number of thiophene rings is 1. The minimum Gasteiger partial charge on any atom is -0.366 e. The lowest BCUT2D eigenvalue weighted by Gasteiger charge is -2.34. The zero-order valence-electron chi connectivity index (χ0n) is 15.6. The molecule has 6 nitrogen and oxygen atoms in total. The summed E-state index contributed by atoms with van der Waals surface area (Å²) in [7, 11) is 0. The number of anilines is 1. The predicted molar refractivity (Wildman–Crippen MR) is 114 cm³/mol. The summed E-state index contributed by atoms with van der Waals surface area (Å²) in [5, 5.41) is 6.33. The number of thiazole rings is 1. The molecule has 1 aliphatic heterocycles. The highest BCUT2D eigenvalue weighted by Crippen LogP contribution is 2.34. The maximum absolute atomic E-state index is 12.6. The highest BCUT2D eigenvalue weighted by molar-refractivity contribution is 7.18. The second-order valence-corrected chi connectivity index (χ2v) is 9.00. The van der Waals surface area contributed by atoms with E-state index in [1.807, 2.05) is 19.1 Å². The van der Waals surface area contributed by atoms with E-state index >= 15 is 0 Å². The number of nitrogens with two attached hydrogens (primary N) is 1. The molecule has 1 aromatic carbocycles. The minimum absolute atomic E-state index is 0.108. The molecule has 0 radical (unpaired) electrons. The zero-order valence-corrected chi connectivity index (χ0v) is 17.2. The quantitative estimate of drug-likeness (QED) is 0.667. The van der Waals surface area contributed by atoms with Gasteiger partial charge in [0.2, 0.25) is 5.91 Å². The molecule has 2 aromatic heterocycles. The van der Waals surface area contributed by atoms with E-state index in [-0.39, 0.29) is 11.9 Å². The van der Waals surface area contributed by atoms with E-state index in [0.29, 0.717) is 16.5 Å². The largest absolute Gasteiger partial charge is 0.366 e. The number of nitrogens with one attached hydrogen (secondary N) is 1. The van der Waals surface area contributed by atoms with E-state index in [2.05, 4.69) is 22.3 Å². The number of fused-ring (bicyclic) bond motifs is 1. The molecule has 1 saturated heterocycles. The van der Waals surface area contributed by atoms with E-state index in [9.17, 15) is 9.59 Å². The summed E-state index contributed by atoms with van der Waals surface area (Å²) >= 11 is 3.09. The molecule has 4 rings (SSSR count). The standard InChI is InChI=1S/C20H22N4O2S2/c1-12(18(26)23-20-14(17(21)25)8-11-27-20)24-9-6-13(7-10-24)19-22-15-4-2-3-5-16(15)28-19/h2-5,8,11-13H,6-7,9-10H2,1H3,(H2,21,25)(H,23,26)/t12-/m1/s1. The highest BCUT2D eigenvalue weighted by Gasteiger charge is 2.29. The summed E-state index contributed by atoms with van der Waals surface area (Å²) in [5.41, 5.74) is 6.78. The third-order valence-corrected chi connectivity index (χ3v) is 7.31. The van der Waals surface area contributed by atoms with Gasteiger partial charge in [-0.05, 0) is 56.4 Å². The van der Waals surface area contributed by atoms with Gasteiger partial charge in [-0.2, -0.15) is 0 Å². The van der Waals surface area contributed by atoms with Gasteiger partial charge in [0.25, 0.3) is 5.91 Å². The number of hydrogen-bond acceptors (Lipinski definition) is 6. The molecule has 0 bridgehead atoms. The van der Waals surface area contributed by atoms with E-state index in [1.165, 1.54) is 21.0 Å². The molecule has 1 aliphatic rings. The number of para-hydroxylation sites is 1. The van der Waals surface area contributed by atoms with Crippen molar-refractivity contribution in [2.75, 3.05) is 18.4 Å². The number of hydrogen-bond donors (Lipinski definition) is 2. The average Bonchev–Trinajstić information content (AvgIpc) is 3.34. The smallest absolute Gasteiger partial charge is 0.251 e. The molecule has 0 saturated carbocycles. The fourth-order valence-corrected chi connectivity index (χ4v) is 5.51. The summed E-state index contributed by atoms with van der Waals surface area (Å²) < 4.78 is 1.23. The molecule has 1 atom stereocenters. The molecular weight excluding hydrogens is 392 g/mol. The fourth-order valence-electron chi connectivity index (χ4n) is 3.58. The maximum Gasteiger partial charge on any atom is 0.251 e. The van der Waals surface area contributed by atoms with Crippen LogP contribution >= 0.6 is 22.7 Å². The molecule has 0 aliphatic carbocycles. The van der Waals surface area contributed by atoms with Crippen molar-refractivity contribution < 1.29 is 9.59 Å². The number of nitrogens with zero attached hydrogens (tertiary/aromatic N) is 2.